The maximum Gasteiger partial charge on any atom is 0.241 e. The molecule has 1 amide bonds. The van der Waals surface area contributed by atoms with E-state index in [9.17, 15) is 4.79 Å². The van der Waals surface area contributed by atoms with E-state index >= 15 is 0 Å². The topological polar surface area (TPSA) is 74.5 Å². The summed E-state index contributed by atoms with van der Waals surface area (Å²) >= 11 is 6.22. The first kappa shape index (κ1) is 21.3. The van der Waals surface area contributed by atoms with Crippen LogP contribution in [-0.4, -0.2) is 65.1 Å². The number of carbonyl (C=O) groups excluding carboxylic acids is 1. The smallest absolute Gasteiger partial charge is 0.241 e. The quantitative estimate of drug-likeness (QED) is 0.647. The highest BCUT2D eigenvalue weighted by atomic mass is 35.5. The minimum absolute atomic E-state index is 0.0245. The maximum absolute atomic E-state index is 12.6. The predicted octanol–water partition coefficient (Wildman–Crippen LogP) is 3.20. The van der Waals surface area contributed by atoms with Crippen molar-refractivity contribution in [2.45, 2.75) is 38.6 Å². The monoisotopic (exact) mass is 431 g/mol. The highest BCUT2D eigenvalue weighted by Crippen LogP contribution is 2.25. The normalized spacial score (nSPS) is 20.5. The standard InChI is InChI=1S/C22H30ClN5O2/c23-19-9-2-1-8-18(19)21-25-20(30-26-21)16-28-13-5-7-17(15-28)22(29)24-10-6-14-27-11-3-4-12-27/h1-2,8-9,17H,3-7,10-16H2,(H,24,29). The Labute approximate surface area is 182 Å². The van der Waals surface area contributed by atoms with Crippen molar-refractivity contribution in [3.05, 3.63) is 35.2 Å². The Balaban J connectivity index is 1.24. The van der Waals surface area contributed by atoms with E-state index in [1.807, 2.05) is 24.3 Å². The van der Waals surface area contributed by atoms with Crippen LogP contribution in [-0.2, 0) is 11.3 Å². The molecule has 1 aromatic heterocycles. The van der Waals surface area contributed by atoms with Crippen molar-refractivity contribution >= 4 is 17.5 Å². The van der Waals surface area contributed by atoms with Gasteiger partial charge in [-0.15, -0.1) is 0 Å². The van der Waals surface area contributed by atoms with Gasteiger partial charge >= 0.3 is 0 Å². The number of piperidine rings is 1. The number of amides is 1. The summed E-state index contributed by atoms with van der Waals surface area (Å²) < 4.78 is 5.43. The van der Waals surface area contributed by atoms with Crippen molar-refractivity contribution < 1.29 is 9.32 Å². The fourth-order valence-corrected chi connectivity index (χ4v) is 4.56. The van der Waals surface area contributed by atoms with Gasteiger partial charge in [0.05, 0.1) is 17.5 Å². The fourth-order valence-electron chi connectivity index (χ4n) is 4.34. The lowest BCUT2D eigenvalue weighted by molar-refractivity contribution is -0.126. The van der Waals surface area contributed by atoms with Gasteiger partial charge in [0, 0.05) is 18.7 Å². The maximum atomic E-state index is 12.6. The zero-order valence-corrected chi connectivity index (χ0v) is 18.1. The SMILES string of the molecule is O=C(NCCCN1CCCC1)C1CCCN(Cc2nc(-c3ccccc3Cl)no2)C1. The second kappa shape index (κ2) is 10.4. The molecule has 30 heavy (non-hydrogen) atoms. The molecule has 3 heterocycles. The Hall–Kier alpha value is -1.96. The fraction of sp³-hybridized carbons (Fsp3) is 0.591. The van der Waals surface area contributed by atoms with Crippen molar-refractivity contribution in [2.75, 3.05) is 39.3 Å². The van der Waals surface area contributed by atoms with Crippen LogP contribution in [0.3, 0.4) is 0 Å². The minimum atomic E-state index is 0.0245. The van der Waals surface area contributed by atoms with Crippen molar-refractivity contribution in [1.82, 2.24) is 25.3 Å². The van der Waals surface area contributed by atoms with E-state index in [4.69, 9.17) is 16.1 Å². The number of hydrogen-bond acceptors (Lipinski definition) is 6. The van der Waals surface area contributed by atoms with Crippen molar-refractivity contribution in [1.29, 1.82) is 0 Å². The third-order valence-electron chi connectivity index (χ3n) is 5.97. The molecule has 1 N–H and O–H groups in total. The van der Waals surface area contributed by atoms with E-state index in [1.54, 1.807) is 0 Å². The number of carbonyl (C=O) groups is 1. The summed E-state index contributed by atoms with van der Waals surface area (Å²) in [4.78, 5) is 21.8. The second-order valence-corrected chi connectivity index (χ2v) is 8.67. The molecule has 8 heteroatoms. The van der Waals surface area contributed by atoms with Gasteiger partial charge in [-0.3, -0.25) is 9.69 Å². The summed E-state index contributed by atoms with van der Waals surface area (Å²) in [6.45, 7) is 6.47. The van der Waals surface area contributed by atoms with Gasteiger partial charge in [-0.25, -0.2) is 0 Å². The Morgan fingerprint density at radius 1 is 1.17 bits per heavy atom. The first-order chi connectivity index (χ1) is 14.7. The van der Waals surface area contributed by atoms with Crippen LogP contribution in [0.1, 0.15) is 38.0 Å². The molecule has 4 rings (SSSR count). The summed E-state index contributed by atoms with van der Waals surface area (Å²) in [6, 6.07) is 7.46. The Bertz CT molecular complexity index is 836. The van der Waals surface area contributed by atoms with E-state index in [0.717, 1.165) is 51.0 Å². The molecular weight excluding hydrogens is 402 g/mol. The molecule has 0 aliphatic carbocycles. The lowest BCUT2D eigenvalue weighted by Gasteiger charge is -2.30. The largest absolute Gasteiger partial charge is 0.356 e. The van der Waals surface area contributed by atoms with Crippen LogP contribution in [0.15, 0.2) is 28.8 Å². The highest BCUT2D eigenvalue weighted by Gasteiger charge is 2.27. The summed E-state index contributed by atoms with van der Waals surface area (Å²) in [5.41, 5.74) is 0.763. The average molecular weight is 432 g/mol. The molecule has 1 unspecified atom stereocenters. The van der Waals surface area contributed by atoms with E-state index in [-0.39, 0.29) is 11.8 Å². The van der Waals surface area contributed by atoms with E-state index in [2.05, 4.69) is 25.3 Å². The van der Waals surface area contributed by atoms with Crippen LogP contribution in [0, 0.1) is 5.92 Å². The van der Waals surface area contributed by atoms with Crippen LogP contribution < -0.4 is 5.32 Å². The van der Waals surface area contributed by atoms with E-state index in [1.165, 1.54) is 25.9 Å². The molecule has 0 radical (unpaired) electrons. The number of halogens is 1. The molecule has 2 fully saturated rings. The number of likely N-dealkylation sites (tertiary alicyclic amines) is 2. The Morgan fingerprint density at radius 2 is 1.97 bits per heavy atom. The lowest BCUT2D eigenvalue weighted by Crippen LogP contribution is -2.43. The number of aromatic nitrogens is 2. The molecule has 0 spiro atoms. The molecule has 0 bridgehead atoms. The predicted molar refractivity (Wildman–Crippen MR) is 116 cm³/mol. The Morgan fingerprint density at radius 3 is 2.80 bits per heavy atom. The molecule has 2 aliphatic rings. The van der Waals surface area contributed by atoms with Gasteiger partial charge < -0.3 is 14.7 Å². The van der Waals surface area contributed by atoms with Crippen molar-refractivity contribution in [3.8, 4) is 11.4 Å². The summed E-state index contributed by atoms with van der Waals surface area (Å²) in [5, 5.41) is 7.80. The minimum Gasteiger partial charge on any atom is -0.356 e. The van der Waals surface area contributed by atoms with Crippen molar-refractivity contribution in [3.63, 3.8) is 0 Å². The Kier molecular flexibility index (Phi) is 7.36. The number of hydrogen-bond donors (Lipinski definition) is 1. The van der Waals surface area contributed by atoms with Gasteiger partial charge in [0.25, 0.3) is 0 Å². The molecule has 2 aliphatic heterocycles. The molecule has 1 atom stereocenters. The van der Waals surface area contributed by atoms with Gasteiger partial charge in [-0.05, 0) is 70.4 Å². The summed E-state index contributed by atoms with van der Waals surface area (Å²) in [6.07, 6.45) is 5.57. The molecule has 0 saturated carbocycles. The second-order valence-electron chi connectivity index (χ2n) is 8.26. The molecule has 2 aromatic rings. The van der Waals surface area contributed by atoms with Crippen LogP contribution in [0.2, 0.25) is 5.02 Å². The first-order valence-corrected chi connectivity index (χ1v) is 11.4. The summed E-state index contributed by atoms with van der Waals surface area (Å²) in [7, 11) is 0. The van der Waals surface area contributed by atoms with Gasteiger partial charge in [0.15, 0.2) is 0 Å². The molecule has 2 saturated heterocycles. The number of nitrogens with zero attached hydrogens (tertiary/aromatic N) is 4. The van der Waals surface area contributed by atoms with Gasteiger partial charge in [-0.1, -0.05) is 28.9 Å². The van der Waals surface area contributed by atoms with E-state index < -0.39 is 0 Å². The molecule has 162 valence electrons. The van der Waals surface area contributed by atoms with Crippen LogP contribution in [0.25, 0.3) is 11.4 Å². The third-order valence-corrected chi connectivity index (χ3v) is 6.30. The van der Waals surface area contributed by atoms with Crippen LogP contribution in [0.4, 0.5) is 0 Å². The highest BCUT2D eigenvalue weighted by molar-refractivity contribution is 6.33. The zero-order chi connectivity index (χ0) is 20.8. The molecule has 1 aromatic carbocycles. The molecule has 7 nitrogen and oxygen atoms in total. The van der Waals surface area contributed by atoms with E-state index in [0.29, 0.717) is 23.3 Å². The van der Waals surface area contributed by atoms with Gasteiger partial charge in [0.2, 0.25) is 17.6 Å². The van der Waals surface area contributed by atoms with Crippen LogP contribution >= 0.6 is 11.6 Å². The first-order valence-electron chi connectivity index (χ1n) is 11.0. The zero-order valence-electron chi connectivity index (χ0n) is 17.4. The van der Waals surface area contributed by atoms with Crippen LogP contribution in [0.5, 0.6) is 0 Å². The van der Waals surface area contributed by atoms with Crippen molar-refractivity contribution in [2.24, 2.45) is 5.92 Å². The summed E-state index contributed by atoms with van der Waals surface area (Å²) in [5.74, 6) is 1.25. The number of rotatable bonds is 8. The molecular formula is C22H30ClN5O2. The third kappa shape index (κ3) is 5.59. The number of benzene rings is 1. The van der Waals surface area contributed by atoms with Gasteiger partial charge in [-0.2, -0.15) is 4.98 Å². The number of nitrogens with one attached hydrogen (secondary N) is 1. The van der Waals surface area contributed by atoms with Gasteiger partial charge in [0.1, 0.15) is 0 Å². The lowest BCUT2D eigenvalue weighted by atomic mass is 9.97. The average Bonchev–Trinajstić information content (AvgIpc) is 3.44.